The molecule has 1 heterocycles. The molecule has 0 bridgehead atoms. The van der Waals surface area contributed by atoms with Crippen molar-refractivity contribution in [2.24, 2.45) is 16.9 Å². The van der Waals surface area contributed by atoms with Crippen LogP contribution in [0.1, 0.15) is 33.6 Å². The van der Waals surface area contributed by atoms with E-state index in [1.54, 1.807) is 11.1 Å². The van der Waals surface area contributed by atoms with Crippen LogP contribution in [0.5, 0.6) is 0 Å². The number of rotatable bonds is 4. The van der Waals surface area contributed by atoms with Crippen molar-refractivity contribution >= 4 is 49.9 Å². The van der Waals surface area contributed by atoms with E-state index in [9.17, 15) is 14.4 Å². The van der Waals surface area contributed by atoms with Gasteiger partial charge in [0.1, 0.15) is 11.4 Å². The Morgan fingerprint density at radius 1 is 1.39 bits per heavy atom. The molecule has 1 aliphatic heterocycles. The van der Waals surface area contributed by atoms with Crippen molar-refractivity contribution < 1.29 is 13.9 Å². The Bertz CT molecular complexity index is 758. The molecule has 9 heteroatoms. The summed E-state index contributed by atoms with van der Waals surface area (Å²) < 4.78 is 19.8. The second kappa shape index (κ2) is 9.70. The third-order valence-electron chi connectivity index (χ3n) is 4.27. The summed E-state index contributed by atoms with van der Waals surface area (Å²) in [7, 11) is 0. The van der Waals surface area contributed by atoms with Crippen LogP contribution in [0.4, 0.5) is 14.9 Å². The first-order valence-corrected chi connectivity index (χ1v) is 10.5. The molecule has 0 aromatic heterocycles. The third kappa shape index (κ3) is 6.45. The number of amides is 1. The molecule has 0 aliphatic carbocycles. The van der Waals surface area contributed by atoms with Gasteiger partial charge in [-0.05, 0) is 83.5 Å². The van der Waals surface area contributed by atoms with Crippen LogP contribution in [0.25, 0.3) is 0 Å². The fraction of sp³-hybridized carbons (Fsp3) is 0.526. The minimum atomic E-state index is -0.523. The molecule has 6 nitrogen and oxygen atoms in total. The first kappa shape index (κ1) is 22.6. The van der Waals surface area contributed by atoms with Crippen LogP contribution in [0.2, 0.25) is 0 Å². The number of ether oxygens (including phenoxy) is 1. The zero-order valence-corrected chi connectivity index (χ0v) is 19.2. The molecule has 28 heavy (non-hydrogen) atoms. The maximum atomic E-state index is 13.3. The van der Waals surface area contributed by atoms with Gasteiger partial charge in [0.15, 0.2) is 0 Å². The zero-order chi connectivity index (χ0) is 20.9. The number of nitrogens with one attached hydrogen (secondary N) is 1. The lowest BCUT2D eigenvalue weighted by molar-refractivity contribution is 0.0179. The Morgan fingerprint density at radius 2 is 1.96 bits per heavy atom. The van der Waals surface area contributed by atoms with Gasteiger partial charge in [0.25, 0.3) is 0 Å². The number of nitriles is 1. The van der Waals surface area contributed by atoms with E-state index < -0.39 is 5.60 Å². The fourth-order valence-electron chi connectivity index (χ4n) is 2.86. The highest BCUT2D eigenvalue weighted by molar-refractivity contribution is 9.11. The predicted molar refractivity (Wildman–Crippen MR) is 114 cm³/mol. The van der Waals surface area contributed by atoms with E-state index in [0.717, 1.165) is 0 Å². The van der Waals surface area contributed by atoms with Crippen LogP contribution < -0.4 is 5.43 Å². The van der Waals surface area contributed by atoms with E-state index >= 15 is 0 Å². The summed E-state index contributed by atoms with van der Waals surface area (Å²) in [6, 6.07) is 4.93. The van der Waals surface area contributed by atoms with Crippen molar-refractivity contribution in [1.29, 1.82) is 5.26 Å². The Kier molecular flexibility index (Phi) is 7.84. The second-order valence-electron chi connectivity index (χ2n) is 7.59. The van der Waals surface area contributed by atoms with E-state index in [-0.39, 0.29) is 23.7 Å². The number of hydrogen-bond donors (Lipinski definition) is 1. The number of halogens is 3. The quantitative estimate of drug-likeness (QED) is 0.420. The average Bonchev–Trinajstić information content (AvgIpc) is 2.59. The second-order valence-corrected chi connectivity index (χ2v) is 9.30. The molecule has 1 N–H and O–H groups in total. The van der Waals surface area contributed by atoms with Crippen molar-refractivity contribution in [3.8, 4) is 6.07 Å². The van der Waals surface area contributed by atoms with Crippen LogP contribution in [0.3, 0.4) is 0 Å². The summed E-state index contributed by atoms with van der Waals surface area (Å²) in [5.41, 5.74) is 2.89. The van der Waals surface area contributed by atoms with Gasteiger partial charge in [0, 0.05) is 28.2 Å². The van der Waals surface area contributed by atoms with Gasteiger partial charge in [0.05, 0.1) is 17.7 Å². The average molecular weight is 518 g/mol. The largest absolute Gasteiger partial charge is 0.444 e. The summed E-state index contributed by atoms with van der Waals surface area (Å²) >= 11 is 6.56. The maximum Gasteiger partial charge on any atom is 0.410 e. The Hall–Kier alpha value is -1.66. The minimum Gasteiger partial charge on any atom is -0.444 e. The predicted octanol–water partition coefficient (Wildman–Crippen LogP) is 5.54. The van der Waals surface area contributed by atoms with Gasteiger partial charge < -0.3 is 9.64 Å². The van der Waals surface area contributed by atoms with Crippen LogP contribution in [-0.4, -0.2) is 35.9 Å². The van der Waals surface area contributed by atoms with Gasteiger partial charge in [-0.3, -0.25) is 5.43 Å². The molecule has 152 valence electrons. The normalized spacial score (nSPS) is 16.7. The van der Waals surface area contributed by atoms with Crippen molar-refractivity contribution in [3.05, 3.63) is 26.9 Å². The molecule has 0 saturated carbocycles. The van der Waals surface area contributed by atoms with Crippen LogP contribution in [0.15, 0.2) is 26.2 Å². The molecule has 1 atom stereocenters. The lowest BCUT2D eigenvalue weighted by atomic mass is 9.86. The highest BCUT2D eigenvalue weighted by Crippen LogP contribution is 2.32. The van der Waals surface area contributed by atoms with Crippen molar-refractivity contribution in [3.63, 3.8) is 0 Å². The van der Waals surface area contributed by atoms with E-state index in [2.05, 4.69) is 48.5 Å². The summed E-state index contributed by atoms with van der Waals surface area (Å²) in [6.07, 6.45) is 2.65. The molecule has 1 unspecified atom stereocenters. The first-order valence-electron chi connectivity index (χ1n) is 8.92. The summed E-state index contributed by atoms with van der Waals surface area (Å²) in [6.45, 7) is 6.61. The zero-order valence-electron chi connectivity index (χ0n) is 16.0. The molecule has 1 fully saturated rings. The molecule has 0 radical (unpaired) electrons. The molecule has 1 aromatic rings. The van der Waals surface area contributed by atoms with E-state index in [1.807, 2.05) is 20.8 Å². The van der Waals surface area contributed by atoms with E-state index in [4.69, 9.17) is 4.74 Å². The van der Waals surface area contributed by atoms with Crippen LogP contribution in [0, 0.1) is 29.0 Å². The highest BCUT2D eigenvalue weighted by atomic mass is 79.9. The van der Waals surface area contributed by atoms with Gasteiger partial charge in [0.2, 0.25) is 0 Å². The molecule has 2 rings (SSSR count). The van der Waals surface area contributed by atoms with E-state index in [1.165, 1.54) is 12.1 Å². The van der Waals surface area contributed by atoms with Gasteiger partial charge in [-0.2, -0.15) is 10.4 Å². The smallest absolute Gasteiger partial charge is 0.410 e. The van der Waals surface area contributed by atoms with Gasteiger partial charge in [-0.15, -0.1) is 0 Å². The van der Waals surface area contributed by atoms with Gasteiger partial charge in [-0.1, -0.05) is 0 Å². The number of carbonyl (C=O) groups is 1. The number of anilines is 1. The summed E-state index contributed by atoms with van der Waals surface area (Å²) in [5.74, 6) is -0.652. The number of hydrogen-bond acceptors (Lipinski definition) is 5. The number of nitrogens with zero attached hydrogens (tertiary/aromatic N) is 3. The summed E-state index contributed by atoms with van der Waals surface area (Å²) in [5, 5.41) is 13.7. The number of carbonyl (C=O) groups excluding carboxylic acids is 1. The summed E-state index contributed by atoms with van der Waals surface area (Å²) in [4.78, 5) is 13.8. The lowest BCUT2D eigenvalue weighted by Gasteiger charge is -2.34. The lowest BCUT2D eigenvalue weighted by Crippen LogP contribution is -2.42. The molecule has 1 aliphatic rings. The van der Waals surface area contributed by atoms with Crippen molar-refractivity contribution in [2.75, 3.05) is 18.5 Å². The molecule has 1 saturated heterocycles. The Balaban J connectivity index is 1.92. The number of likely N-dealkylation sites (tertiary alicyclic amines) is 1. The van der Waals surface area contributed by atoms with Crippen LogP contribution >= 0.6 is 31.9 Å². The topological polar surface area (TPSA) is 77.7 Å². The van der Waals surface area contributed by atoms with Gasteiger partial charge >= 0.3 is 6.09 Å². The maximum absolute atomic E-state index is 13.3. The molecular weight excluding hydrogens is 495 g/mol. The molecule has 1 amide bonds. The Morgan fingerprint density at radius 3 is 2.46 bits per heavy atom. The fourth-order valence-corrected chi connectivity index (χ4v) is 4.17. The first-order chi connectivity index (χ1) is 13.1. The van der Waals surface area contributed by atoms with Gasteiger partial charge in [-0.25, -0.2) is 9.18 Å². The highest BCUT2D eigenvalue weighted by Gasteiger charge is 2.30. The van der Waals surface area contributed by atoms with Crippen molar-refractivity contribution in [2.45, 2.75) is 39.2 Å². The van der Waals surface area contributed by atoms with Crippen molar-refractivity contribution in [1.82, 2.24) is 4.90 Å². The number of benzene rings is 1. The minimum absolute atomic E-state index is 0.106. The third-order valence-corrected chi connectivity index (χ3v) is 5.52. The SMILES string of the molecule is CC(C)(C)OC(=O)N1CCC(C(C#N)/C=N/Nc2c(Br)cc(F)cc2Br)CC1. The molecule has 1 aromatic carbocycles. The Labute approximate surface area is 181 Å². The monoisotopic (exact) mass is 516 g/mol. The number of piperidine rings is 1. The molecular formula is C19H23Br2FN4O2. The van der Waals surface area contributed by atoms with Crippen LogP contribution in [-0.2, 0) is 4.74 Å². The number of hydrazone groups is 1. The molecule has 0 spiro atoms. The van der Waals surface area contributed by atoms with E-state index in [0.29, 0.717) is 40.6 Å². The standard InChI is InChI=1S/C19H23Br2FN4O2/c1-19(2,3)28-18(27)26-6-4-12(5-7-26)13(10-23)11-24-25-17-15(20)8-14(22)9-16(17)21/h8-9,11-13,25H,4-7H2,1-3H3/b24-11+.